The van der Waals surface area contributed by atoms with Crippen molar-refractivity contribution >= 4 is 5.69 Å². The lowest BCUT2D eigenvalue weighted by molar-refractivity contribution is 0.228. The van der Waals surface area contributed by atoms with Crippen LogP contribution in [0.4, 0.5) is 5.69 Å². The third-order valence-corrected chi connectivity index (χ3v) is 1.87. The summed E-state index contributed by atoms with van der Waals surface area (Å²) in [6.45, 7) is 4.43. The topological polar surface area (TPSA) is 61.3 Å². The van der Waals surface area contributed by atoms with Gasteiger partial charge in [-0.05, 0) is 25.5 Å². The van der Waals surface area contributed by atoms with E-state index in [9.17, 15) is 0 Å². The van der Waals surface area contributed by atoms with Crippen molar-refractivity contribution in [2.45, 2.75) is 20.0 Å². The van der Waals surface area contributed by atoms with E-state index in [0.29, 0.717) is 12.2 Å². The second-order valence-corrected chi connectivity index (χ2v) is 3.19. The zero-order chi connectivity index (χ0) is 9.84. The first-order valence-corrected chi connectivity index (χ1v) is 4.36. The van der Waals surface area contributed by atoms with Crippen LogP contribution in [0.2, 0.25) is 0 Å². The van der Waals surface area contributed by atoms with E-state index in [4.69, 9.17) is 16.2 Å². The van der Waals surface area contributed by atoms with E-state index >= 15 is 0 Å². The quantitative estimate of drug-likeness (QED) is 0.689. The molecule has 0 aliphatic rings. The van der Waals surface area contributed by atoms with Crippen molar-refractivity contribution < 1.29 is 4.74 Å². The smallest absolute Gasteiger partial charge is 0.124 e. The van der Waals surface area contributed by atoms with E-state index in [1.54, 1.807) is 0 Å². The third-order valence-electron chi connectivity index (χ3n) is 1.87. The number of aryl methyl sites for hydroxylation is 1. The Balaban J connectivity index is 2.81. The SMILES string of the molecule is Cc1ccc(N)cc1OC(C)CN. The number of hydrogen-bond acceptors (Lipinski definition) is 3. The highest BCUT2D eigenvalue weighted by atomic mass is 16.5. The van der Waals surface area contributed by atoms with E-state index in [-0.39, 0.29) is 6.10 Å². The van der Waals surface area contributed by atoms with E-state index < -0.39 is 0 Å². The number of nitrogen functional groups attached to an aromatic ring is 1. The number of nitrogens with two attached hydrogens (primary N) is 2. The maximum atomic E-state index is 5.63. The molecule has 0 fully saturated rings. The van der Waals surface area contributed by atoms with E-state index in [1.165, 1.54) is 0 Å². The third kappa shape index (κ3) is 2.63. The van der Waals surface area contributed by atoms with Gasteiger partial charge >= 0.3 is 0 Å². The Morgan fingerprint density at radius 3 is 2.77 bits per heavy atom. The molecule has 0 aliphatic heterocycles. The van der Waals surface area contributed by atoms with Crippen LogP contribution in [0.25, 0.3) is 0 Å². The normalized spacial score (nSPS) is 12.5. The Morgan fingerprint density at radius 1 is 1.46 bits per heavy atom. The van der Waals surface area contributed by atoms with Gasteiger partial charge in [0.1, 0.15) is 11.9 Å². The summed E-state index contributed by atoms with van der Waals surface area (Å²) in [6, 6.07) is 5.62. The molecule has 13 heavy (non-hydrogen) atoms. The van der Waals surface area contributed by atoms with Crippen LogP contribution < -0.4 is 16.2 Å². The minimum Gasteiger partial charge on any atom is -0.489 e. The summed E-state index contributed by atoms with van der Waals surface area (Å²) in [6.07, 6.45) is 0.0282. The molecule has 0 saturated heterocycles. The fourth-order valence-corrected chi connectivity index (χ4v) is 1.01. The molecule has 1 aromatic carbocycles. The van der Waals surface area contributed by atoms with Gasteiger partial charge in [0.15, 0.2) is 0 Å². The lowest BCUT2D eigenvalue weighted by Crippen LogP contribution is -2.23. The molecule has 1 unspecified atom stereocenters. The molecule has 0 saturated carbocycles. The first-order chi connectivity index (χ1) is 6.13. The van der Waals surface area contributed by atoms with Crippen LogP contribution in [0.5, 0.6) is 5.75 Å². The molecule has 0 aliphatic carbocycles. The van der Waals surface area contributed by atoms with E-state index in [0.717, 1.165) is 11.3 Å². The van der Waals surface area contributed by atoms with Crippen LogP contribution in [0.1, 0.15) is 12.5 Å². The Morgan fingerprint density at radius 2 is 2.15 bits per heavy atom. The number of anilines is 1. The minimum absolute atomic E-state index is 0.0282. The largest absolute Gasteiger partial charge is 0.489 e. The monoisotopic (exact) mass is 180 g/mol. The predicted octanol–water partition coefficient (Wildman–Crippen LogP) is 1.30. The zero-order valence-electron chi connectivity index (χ0n) is 8.08. The second-order valence-electron chi connectivity index (χ2n) is 3.19. The molecule has 0 aromatic heterocycles. The highest BCUT2D eigenvalue weighted by Crippen LogP contribution is 2.21. The summed E-state index contributed by atoms with van der Waals surface area (Å²) in [5, 5.41) is 0. The molecule has 0 heterocycles. The van der Waals surface area contributed by atoms with Crippen molar-refractivity contribution in [3.8, 4) is 5.75 Å². The van der Waals surface area contributed by atoms with Crippen LogP contribution in [0.3, 0.4) is 0 Å². The van der Waals surface area contributed by atoms with Gasteiger partial charge in [-0.3, -0.25) is 0 Å². The molecule has 1 rings (SSSR count). The summed E-state index contributed by atoms with van der Waals surface area (Å²) in [4.78, 5) is 0. The standard InChI is InChI=1S/C10H16N2O/c1-7-3-4-9(12)5-10(7)13-8(2)6-11/h3-5,8H,6,11-12H2,1-2H3. The minimum atomic E-state index is 0.0282. The highest BCUT2D eigenvalue weighted by molar-refractivity contribution is 5.47. The van der Waals surface area contributed by atoms with Crippen molar-refractivity contribution in [3.63, 3.8) is 0 Å². The Kier molecular flexibility index (Phi) is 3.14. The Hall–Kier alpha value is -1.22. The molecule has 3 nitrogen and oxygen atoms in total. The zero-order valence-corrected chi connectivity index (χ0v) is 8.08. The van der Waals surface area contributed by atoms with Gasteiger partial charge in [0.25, 0.3) is 0 Å². The maximum Gasteiger partial charge on any atom is 0.124 e. The summed E-state index contributed by atoms with van der Waals surface area (Å²) in [5.74, 6) is 0.818. The van der Waals surface area contributed by atoms with Crippen molar-refractivity contribution in [2.24, 2.45) is 5.73 Å². The lowest BCUT2D eigenvalue weighted by atomic mass is 10.2. The maximum absolute atomic E-state index is 5.63. The van der Waals surface area contributed by atoms with E-state index in [1.807, 2.05) is 32.0 Å². The summed E-state index contributed by atoms with van der Waals surface area (Å²) in [5.41, 5.74) is 12.9. The van der Waals surface area contributed by atoms with Gasteiger partial charge in [0, 0.05) is 18.3 Å². The number of ether oxygens (including phenoxy) is 1. The fourth-order valence-electron chi connectivity index (χ4n) is 1.01. The van der Waals surface area contributed by atoms with Crippen LogP contribution >= 0.6 is 0 Å². The molecule has 0 bridgehead atoms. The van der Waals surface area contributed by atoms with Crippen molar-refractivity contribution in [2.75, 3.05) is 12.3 Å². The van der Waals surface area contributed by atoms with Gasteiger partial charge in [-0.15, -0.1) is 0 Å². The van der Waals surface area contributed by atoms with E-state index in [2.05, 4.69) is 0 Å². The number of rotatable bonds is 3. The first kappa shape index (κ1) is 9.86. The molecular weight excluding hydrogens is 164 g/mol. The van der Waals surface area contributed by atoms with Gasteiger partial charge in [-0.1, -0.05) is 6.07 Å². The molecule has 0 amide bonds. The van der Waals surface area contributed by atoms with Gasteiger partial charge < -0.3 is 16.2 Å². The highest BCUT2D eigenvalue weighted by Gasteiger charge is 2.04. The first-order valence-electron chi connectivity index (χ1n) is 4.36. The molecule has 0 spiro atoms. The Bertz CT molecular complexity index is 286. The molecule has 3 heteroatoms. The van der Waals surface area contributed by atoms with Crippen LogP contribution in [0.15, 0.2) is 18.2 Å². The Labute approximate surface area is 78.7 Å². The number of hydrogen-bond donors (Lipinski definition) is 2. The van der Waals surface area contributed by atoms with Crippen molar-refractivity contribution in [1.82, 2.24) is 0 Å². The van der Waals surface area contributed by atoms with Crippen LogP contribution in [-0.2, 0) is 0 Å². The predicted molar refractivity (Wildman–Crippen MR) is 54.7 cm³/mol. The van der Waals surface area contributed by atoms with Crippen molar-refractivity contribution in [1.29, 1.82) is 0 Å². The molecular formula is C10H16N2O. The second kappa shape index (κ2) is 4.14. The summed E-state index contributed by atoms with van der Waals surface area (Å²) >= 11 is 0. The summed E-state index contributed by atoms with van der Waals surface area (Å²) < 4.78 is 5.57. The molecule has 1 atom stereocenters. The molecule has 0 radical (unpaired) electrons. The lowest BCUT2D eigenvalue weighted by Gasteiger charge is -2.14. The average molecular weight is 180 g/mol. The van der Waals surface area contributed by atoms with Gasteiger partial charge in [-0.2, -0.15) is 0 Å². The van der Waals surface area contributed by atoms with Crippen molar-refractivity contribution in [3.05, 3.63) is 23.8 Å². The summed E-state index contributed by atoms with van der Waals surface area (Å²) in [7, 11) is 0. The molecule has 72 valence electrons. The van der Waals surface area contributed by atoms with Gasteiger partial charge in [0.05, 0.1) is 0 Å². The van der Waals surface area contributed by atoms with Crippen LogP contribution in [0, 0.1) is 6.92 Å². The molecule has 1 aromatic rings. The van der Waals surface area contributed by atoms with Gasteiger partial charge in [-0.25, -0.2) is 0 Å². The fraction of sp³-hybridized carbons (Fsp3) is 0.400. The molecule has 4 N–H and O–H groups in total. The van der Waals surface area contributed by atoms with Gasteiger partial charge in [0.2, 0.25) is 0 Å². The average Bonchev–Trinajstić information content (AvgIpc) is 2.11. The number of benzene rings is 1. The van der Waals surface area contributed by atoms with Crippen LogP contribution in [-0.4, -0.2) is 12.6 Å².